The number of carbonyl (C=O) groups is 1. The number of halogens is 3. The van der Waals surface area contributed by atoms with Gasteiger partial charge in [-0.25, -0.2) is 18.2 Å². The van der Waals surface area contributed by atoms with E-state index in [1.165, 1.54) is 0 Å². The average Bonchev–Trinajstić information content (AvgIpc) is 3.53. The number of hydrogen-bond acceptors (Lipinski definition) is 6. The third kappa shape index (κ3) is 5.65. The fourth-order valence-corrected chi connectivity index (χ4v) is 5.35. The normalized spacial score (nSPS) is 21.1. The van der Waals surface area contributed by atoms with E-state index in [1.54, 1.807) is 37.6 Å². The van der Waals surface area contributed by atoms with Crippen LogP contribution in [0.1, 0.15) is 42.2 Å². The second-order valence-electron chi connectivity index (χ2n) is 11.0. The highest BCUT2D eigenvalue weighted by Gasteiger charge is 2.35. The summed E-state index contributed by atoms with van der Waals surface area (Å²) in [5, 5.41) is 10.6. The van der Waals surface area contributed by atoms with Crippen molar-refractivity contribution in [1.29, 1.82) is 0 Å². The minimum absolute atomic E-state index is 0.126. The molecule has 5 heterocycles. The van der Waals surface area contributed by atoms with Gasteiger partial charge in [-0.05, 0) is 48.4 Å². The molecule has 2 saturated heterocycles. The number of nitrogens with one attached hydrogen (secondary N) is 2. The zero-order valence-electron chi connectivity index (χ0n) is 22.1. The summed E-state index contributed by atoms with van der Waals surface area (Å²) >= 11 is 0. The van der Waals surface area contributed by atoms with E-state index < -0.39 is 11.6 Å². The van der Waals surface area contributed by atoms with E-state index >= 15 is 0 Å². The molecule has 2 fully saturated rings. The SMILES string of the molecule is CC1(F)CCN(c2ccc(NC(=O)c3n[nH]c4ccc(-c5cncc(CN6CCC(F)(F)CC6)c5)cc34)cn2)C1. The van der Waals surface area contributed by atoms with Crippen molar-refractivity contribution in [3.63, 3.8) is 0 Å². The fourth-order valence-electron chi connectivity index (χ4n) is 5.35. The molecular weight excluding hydrogens is 519 g/mol. The Kier molecular flexibility index (Phi) is 6.69. The molecule has 3 aromatic heterocycles. The third-order valence-corrected chi connectivity index (χ3v) is 7.65. The molecule has 0 aliphatic carbocycles. The number of fused-ring (bicyclic) bond motifs is 1. The lowest BCUT2D eigenvalue weighted by Crippen LogP contribution is -2.38. The first kappa shape index (κ1) is 26.2. The third-order valence-electron chi connectivity index (χ3n) is 7.65. The summed E-state index contributed by atoms with van der Waals surface area (Å²) in [6, 6.07) is 11.2. The highest BCUT2D eigenvalue weighted by Crippen LogP contribution is 2.31. The number of aromatic amines is 1. The van der Waals surface area contributed by atoms with Crippen LogP contribution < -0.4 is 10.2 Å². The van der Waals surface area contributed by atoms with Gasteiger partial charge in [-0.1, -0.05) is 6.07 Å². The topological polar surface area (TPSA) is 90.0 Å². The lowest BCUT2D eigenvalue weighted by molar-refractivity contribution is -0.0566. The second kappa shape index (κ2) is 10.2. The fraction of sp³-hybridized carbons (Fsp3) is 0.379. The summed E-state index contributed by atoms with van der Waals surface area (Å²) in [4.78, 5) is 25.8. The number of benzene rings is 1. The summed E-state index contributed by atoms with van der Waals surface area (Å²) in [6.07, 6.45) is 5.27. The molecule has 1 unspecified atom stereocenters. The number of piperidine rings is 1. The molecule has 6 rings (SSSR count). The molecular formula is C29H30F3N7O. The summed E-state index contributed by atoms with van der Waals surface area (Å²) in [5.41, 5.74) is 2.90. The Hall–Kier alpha value is -3.99. The molecule has 0 radical (unpaired) electrons. The predicted octanol–water partition coefficient (Wildman–Crippen LogP) is 5.44. The maximum Gasteiger partial charge on any atom is 0.276 e. The standard InChI is InChI=1S/C29H30F3N7O/c1-28(30)6-11-39(18-28)25-5-3-22(16-34-25)35-27(40)26-23-13-20(2-4-24(23)36-37-26)21-12-19(14-33-15-21)17-38-9-7-29(31,32)8-10-38/h2-5,12-16H,6-11,17-18H2,1H3,(H,35,40)(H,36,37). The van der Waals surface area contributed by atoms with Crippen LogP contribution in [0.25, 0.3) is 22.0 Å². The van der Waals surface area contributed by atoms with E-state index in [0.29, 0.717) is 61.6 Å². The van der Waals surface area contributed by atoms with Crippen molar-refractivity contribution in [1.82, 2.24) is 25.1 Å². The molecule has 2 aliphatic heterocycles. The Morgan fingerprint density at radius 1 is 1.00 bits per heavy atom. The molecule has 0 saturated carbocycles. The van der Waals surface area contributed by atoms with Gasteiger partial charge in [0.15, 0.2) is 5.69 Å². The van der Waals surface area contributed by atoms with Crippen LogP contribution in [0.4, 0.5) is 24.7 Å². The minimum atomic E-state index is -2.58. The van der Waals surface area contributed by atoms with Gasteiger partial charge in [-0.2, -0.15) is 5.10 Å². The van der Waals surface area contributed by atoms with Crippen molar-refractivity contribution in [3.8, 4) is 11.1 Å². The Morgan fingerprint density at radius 3 is 2.55 bits per heavy atom. The van der Waals surface area contributed by atoms with E-state index in [2.05, 4.69) is 25.5 Å². The summed E-state index contributed by atoms with van der Waals surface area (Å²) < 4.78 is 41.2. The first-order valence-corrected chi connectivity index (χ1v) is 13.4. The van der Waals surface area contributed by atoms with Crippen molar-refractivity contribution in [2.45, 2.75) is 44.3 Å². The van der Waals surface area contributed by atoms with Crippen LogP contribution in [0.3, 0.4) is 0 Å². The van der Waals surface area contributed by atoms with Crippen LogP contribution in [-0.2, 0) is 6.54 Å². The molecule has 11 heteroatoms. The largest absolute Gasteiger partial charge is 0.353 e. The average molecular weight is 550 g/mol. The lowest BCUT2D eigenvalue weighted by atomic mass is 10.0. The Labute approximate surface area is 229 Å². The molecule has 2 aliphatic rings. The zero-order valence-corrected chi connectivity index (χ0v) is 22.1. The van der Waals surface area contributed by atoms with E-state index in [9.17, 15) is 18.0 Å². The molecule has 1 aromatic carbocycles. The summed E-state index contributed by atoms with van der Waals surface area (Å²) in [5.74, 6) is -2.29. The van der Waals surface area contributed by atoms with Crippen molar-refractivity contribution in [3.05, 3.63) is 66.2 Å². The molecule has 8 nitrogen and oxygen atoms in total. The Morgan fingerprint density at radius 2 is 1.82 bits per heavy atom. The van der Waals surface area contributed by atoms with Crippen molar-refractivity contribution < 1.29 is 18.0 Å². The van der Waals surface area contributed by atoms with Crippen LogP contribution in [-0.4, -0.2) is 68.7 Å². The number of pyridine rings is 2. The van der Waals surface area contributed by atoms with Crippen LogP contribution >= 0.6 is 0 Å². The van der Waals surface area contributed by atoms with E-state index in [1.807, 2.05) is 34.1 Å². The Bertz CT molecular complexity index is 1530. The number of carbonyl (C=O) groups excluding carboxylic acids is 1. The number of alkyl halides is 3. The number of anilines is 2. The van der Waals surface area contributed by atoms with Gasteiger partial charge >= 0.3 is 0 Å². The number of aromatic nitrogens is 4. The van der Waals surface area contributed by atoms with E-state index in [-0.39, 0.29) is 24.4 Å². The highest BCUT2D eigenvalue weighted by atomic mass is 19.3. The van der Waals surface area contributed by atoms with Crippen LogP contribution in [0.2, 0.25) is 0 Å². The summed E-state index contributed by atoms with van der Waals surface area (Å²) in [6.45, 7) is 3.74. The van der Waals surface area contributed by atoms with Gasteiger partial charge in [0, 0.05) is 68.8 Å². The first-order valence-electron chi connectivity index (χ1n) is 13.4. The summed E-state index contributed by atoms with van der Waals surface area (Å²) in [7, 11) is 0. The minimum Gasteiger partial charge on any atom is -0.353 e. The van der Waals surface area contributed by atoms with Crippen molar-refractivity contribution >= 4 is 28.3 Å². The lowest BCUT2D eigenvalue weighted by Gasteiger charge is -2.31. The van der Waals surface area contributed by atoms with Gasteiger partial charge in [-0.3, -0.25) is 19.8 Å². The molecule has 1 atom stereocenters. The van der Waals surface area contributed by atoms with Gasteiger partial charge < -0.3 is 10.2 Å². The van der Waals surface area contributed by atoms with Gasteiger partial charge in [0.25, 0.3) is 11.8 Å². The molecule has 0 spiro atoms. The van der Waals surface area contributed by atoms with Gasteiger partial charge in [0.05, 0.1) is 23.9 Å². The number of amides is 1. The molecule has 4 aromatic rings. The van der Waals surface area contributed by atoms with Crippen LogP contribution in [0, 0.1) is 0 Å². The highest BCUT2D eigenvalue weighted by molar-refractivity contribution is 6.11. The molecule has 0 bridgehead atoms. The number of rotatable bonds is 6. The zero-order chi connectivity index (χ0) is 27.9. The number of H-pyrrole nitrogens is 1. The van der Waals surface area contributed by atoms with Gasteiger partial charge in [0.2, 0.25) is 0 Å². The Balaban J connectivity index is 1.16. The molecule has 40 heavy (non-hydrogen) atoms. The van der Waals surface area contributed by atoms with E-state index in [4.69, 9.17) is 0 Å². The number of hydrogen-bond donors (Lipinski definition) is 2. The molecule has 208 valence electrons. The predicted molar refractivity (Wildman–Crippen MR) is 147 cm³/mol. The molecule has 1 amide bonds. The van der Waals surface area contributed by atoms with Crippen LogP contribution in [0.15, 0.2) is 55.0 Å². The van der Waals surface area contributed by atoms with Crippen LogP contribution in [0.5, 0.6) is 0 Å². The quantitative estimate of drug-likeness (QED) is 0.333. The van der Waals surface area contributed by atoms with Crippen molar-refractivity contribution in [2.75, 3.05) is 36.4 Å². The monoisotopic (exact) mass is 549 g/mol. The van der Waals surface area contributed by atoms with E-state index in [0.717, 1.165) is 16.7 Å². The van der Waals surface area contributed by atoms with Gasteiger partial charge in [-0.15, -0.1) is 0 Å². The first-order chi connectivity index (χ1) is 19.1. The number of likely N-dealkylation sites (tertiary alicyclic amines) is 1. The smallest absolute Gasteiger partial charge is 0.276 e. The molecule has 2 N–H and O–H groups in total. The van der Waals surface area contributed by atoms with Gasteiger partial charge in [0.1, 0.15) is 11.5 Å². The maximum atomic E-state index is 14.2. The maximum absolute atomic E-state index is 14.2. The number of nitrogens with zero attached hydrogens (tertiary/aromatic N) is 5. The van der Waals surface area contributed by atoms with Crippen molar-refractivity contribution in [2.24, 2.45) is 0 Å². The second-order valence-corrected chi connectivity index (χ2v) is 11.0.